The molecule has 0 saturated heterocycles. The molecule has 0 aliphatic rings. The summed E-state index contributed by atoms with van der Waals surface area (Å²) in [6, 6.07) is 10.1. The average molecular weight is 240 g/mol. The second-order valence-corrected chi connectivity index (χ2v) is 4.40. The van der Waals surface area contributed by atoms with E-state index in [1.54, 1.807) is 0 Å². The Kier molecular flexibility index (Phi) is 3.63. The normalized spacial score (nSPS) is 10.3. The van der Waals surface area contributed by atoms with Crippen LogP contribution in [0.15, 0.2) is 36.8 Å². The highest BCUT2D eigenvalue weighted by Gasteiger charge is 2.06. The van der Waals surface area contributed by atoms with Gasteiger partial charge in [0.2, 0.25) is 0 Å². The summed E-state index contributed by atoms with van der Waals surface area (Å²) in [5.74, 6) is 0. The summed E-state index contributed by atoms with van der Waals surface area (Å²) in [7, 11) is 0. The fourth-order valence-electron chi connectivity index (χ4n) is 1.85. The van der Waals surface area contributed by atoms with Crippen molar-refractivity contribution in [1.29, 1.82) is 5.26 Å². The molecule has 0 fully saturated rings. The number of benzene rings is 1. The van der Waals surface area contributed by atoms with Crippen molar-refractivity contribution in [1.82, 2.24) is 9.55 Å². The predicted molar refractivity (Wildman–Crippen MR) is 71.1 cm³/mol. The van der Waals surface area contributed by atoms with Crippen LogP contribution in [0, 0.1) is 11.3 Å². The Bertz CT molecular complexity index is 563. The lowest BCUT2D eigenvalue weighted by molar-refractivity contribution is 0.577. The third-order valence-electron chi connectivity index (χ3n) is 2.81. The smallest absolute Gasteiger partial charge is 0.101 e. The van der Waals surface area contributed by atoms with Crippen molar-refractivity contribution in [2.75, 3.05) is 5.32 Å². The minimum Gasteiger partial charge on any atom is -0.378 e. The van der Waals surface area contributed by atoms with Crippen LogP contribution >= 0.6 is 0 Å². The highest BCUT2D eigenvalue weighted by Crippen LogP contribution is 2.16. The van der Waals surface area contributed by atoms with E-state index in [-0.39, 0.29) is 0 Å². The van der Waals surface area contributed by atoms with E-state index < -0.39 is 0 Å². The van der Waals surface area contributed by atoms with Crippen molar-refractivity contribution in [3.05, 3.63) is 48.0 Å². The molecule has 0 spiro atoms. The standard InChI is InChI=1S/C14H16N4/c1-11(2)18-10-16-8-13(18)9-17-14-6-4-3-5-12(14)7-15/h3-6,8,10-11,17H,9H2,1-2H3. The molecule has 2 aromatic rings. The van der Waals surface area contributed by atoms with Gasteiger partial charge in [-0.15, -0.1) is 0 Å². The molecule has 2 rings (SSSR count). The van der Waals surface area contributed by atoms with Crippen molar-refractivity contribution in [2.24, 2.45) is 0 Å². The molecule has 1 aromatic carbocycles. The van der Waals surface area contributed by atoms with Gasteiger partial charge in [-0.2, -0.15) is 5.26 Å². The van der Waals surface area contributed by atoms with Gasteiger partial charge in [0.25, 0.3) is 0 Å². The number of aromatic nitrogens is 2. The zero-order valence-electron chi connectivity index (χ0n) is 10.6. The summed E-state index contributed by atoms with van der Waals surface area (Å²) >= 11 is 0. The number of rotatable bonds is 4. The van der Waals surface area contributed by atoms with Gasteiger partial charge in [-0.25, -0.2) is 4.98 Å². The highest BCUT2D eigenvalue weighted by atomic mass is 15.1. The van der Waals surface area contributed by atoms with E-state index >= 15 is 0 Å². The largest absolute Gasteiger partial charge is 0.378 e. The minimum atomic E-state index is 0.385. The molecule has 1 heterocycles. The van der Waals surface area contributed by atoms with Gasteiger partial charge in [0.1, 0.15) is 6.07 Å². The van der Waals surface area contributed by atoms with Gasteiger partial charge in [-0.1, -0.05) is 12.1 Å². The molecule has 1 aromatic heterocycles. The Hall–Kier alpha value is -2.28. The first-order chi connectivity index (χ1) is 8.72. The molecule has 0 aliphatic carbocycles. The Morgan fingerprint density at radius 3 is 2.89 bits per heavy atom. The topological polar surface area (TPSA) is 53.6 Å². The molecule has 18 heavy (non-hydrogen) atoms. The van der Waals surface area contributed by atoms with E-state index in [1.165, 1.54) is 0 Å². The maximum absolute atomic E-state index is 9.01. The van der Waals surface area contributed by atoms with Crippen LogP contribution in [-0.4, -0.2) is 9.55 Å². The molecular weight excluding hydrogens is 224 g/mol. The summed E-state index contributed by atoms with van der Waals surface area (Å²) in [4.78, 5) is 4.16. The molecule has 0 radical (unpaired) electrons. The van der Waals surface area contributed by atoms with Crippen molar-refractivity contribution >= 4 is 5.69 Å². The molecule has 0 amide bonds. The van der Waals surface area contributed by atoms with Crippen molar-refractivity contribution in [3.8, 4) is 6.07 Å². The first-order valence-corrected chi connectivity index (χ1v) is 5.96. The molecular formula is C14H16N4. The van der Waals surface area contributed by atoms with E-state index in [0.717, 1.165) is 11.4 Å². The van der Waals surface area contributed by atoms with Crippen LogP contribution in [-0.2, 0) is 6.54 Å². The third-order valence-corrected chi connectivity index (χ3v) is 2.81. The number of para-hydroxylation sites is 1. The summed E-state index contributed by atoms with van der Waals surface area (Å²) in [5.41, 5.74) is 2.63. The number of anilines is 1. The zero-order valence-corrected chi connectivity index (χ0v) is 10.6. The van der Waals surface area contributed by atoms with Crippen LogP contribution in [0.25, 0.3) is 0 Å². The molecule has 4 heteroatoms. The number of nitrogens with zero attached hydrogens (tertiary/aromatic N) is 3. The summed E-state index contributed by atoms with van der Waals surface area (Å²) in [5, 5.41) is 12.3. The quantitative estimate of drug-likeness (QED) is 0.893. The van der Waals surface area contributed by atoms with Gasteiger partial charge in [-0.05, 0) is 26.0 Å². The molecule has 0 saturated carbocycles. The first kappa shape index (κ1) is 12.2. The Morgan fingerprint density at radius 1 is 1.39 bits per heavy atom. The van der Waals surface area contributed by atoms with Gasteiger partial charge in [0.15, 0.2) is 0 Å². The zero-order chi connectivity index (χ0) is 13.0. The molecule has 0 aliphatic heterocycles. The maximum atomic E-state index is 9.01. The number of hydrogen-bond donors (Lipinski definition) is 1. The molecule has 0 unspecified atom stereocenters. The number of hydrogen-bond acceptors (Lipinski definition) is 3. The summed E-state index contributed by atoms with van der Waals surface area (Å²) < 4.78 is 2.11. The highest BCUT2D eigenvalue weighted by molar-refractivity contribution is 5.57. The van der Waals surface area contributed by atoms with E-state index in [1.807, 2.05) is 36.8 Å². The maximum Gasteiger partial charge on any atom is 0.101 e. The number of imidazole rings is 1. The molecule has 4 nitrogen and oxygen atoms in total. The Labute approximate surface area is 107 Å². The van der Waals surface area contributed by atoms with Gasteiger partial charge in [0, 0.05) is 12.2 Å². The SMILES string of the molecule is CC(C)n1cncc1CNc1ccccc1C#N. The third kappa shape index (κ3) is 2.51. The second-order valence-electron chi connectivity index (χ2n) is 4.40. The number of nitrogens with one attached hydrogen (secondary N) is 1. The first-order valence-electron chi connectivity index (χ1n) is 5.96. The predicted octanol–water partition coefficient (Wildman–Crippen LogP) is 2.95. The molecule has 92 valence electrons. The van der Waals surface area contributed by atoms with E-state index in [9.17, 15) is 0 Å². The monoisotopic (exact) mass is 240 g/mol. The van der Waals surface area contributed by atoms with Gasteiger partial charge >= 0.3 is 0 Å². The Morgan fingerprint density at radius 2 is 2.17 bits per heavy atom. The molecule has 1 N–H and O–H groups in total. The van der Waals surface area contributed by atoms with Crippen molar-refractivity contribution < 1.29 is 0 Å². The average Bonchev–Trinajstić information content (AvgIpc) is 2.85. The van der Waals surface area contributed by atoms with Crippen LogP contribution in [0.3, 0.4) is 0 Å². The lowest BCUT2D eigenvalue weighted by atomic mass is 10.2. The van der Waals surface area contributed by atoms with Gasteiger partial charge in [0.05, 0.1) is 29.8 Å². The van der Waals surface area contributed by atoms with Crippen LogP contribution < -0.4 is 5.32 Å². The van der Waals surface area contributed by atoms with Crippen LogP contribution in [0.4, 0.5) is 5.69 Å². The van der Waals surface area contributed by atoms with Gasteiger partial charge < -0.3 is 9.88 Å². The van der Waals surface area contributed by atoms with E-state index in [2.05, 4.69) is 34.8 Å². The van der Waals surface area contributed by atoms with Crippen LogP contribution in [0.1, 0.15) is 31.1 Å². The Balaban J connectivity index is 2.12. The van der Waals surface area contributed by atoms with E-state index in [4.69, 9.17) is 5.26 Å². The van der Waals surface area contributed by atoms with Gasteiger partial charge in [-0.3, -0.25) is 0 Å². The van der Waals surface area contributed by atoms with Crippen molar-refractivity contribution in [3.63, 3.8) is 0 Å². The summed E-state index contributed by atoms with van der Waals surface area (Å²) in [6.07, 6.45) is 3.68. The molecule has 0 atom stereocenters. The number of nitriles is 1. The second kappa shape index (κ2) is 5.37. The lowest BCUT2D eigenvalue weighted by Crippen LogP contribution is -2.09. The lowest BCUT2D eigenvalue weighted by Gasteiger charge is -2.13. The van der Waals surface area contributed by atoms with Crippen LogP contribution in [0.2, 0.25) is 0 Å². The van der Waals surface area contributed by atoms with Crippen molar-refractivity contribution in [2.45, 2.75) is 26.4 Å². The van der Waals surface area contributed by atoms with E-state index in [0.29, 0.717) is 18.2 Å². The minimum absolute atomic E-state index is 0.385. The fourth-order valence-corrected chi connectivity index (χ4v) is 1.85. The fraction of sp³-hybridized carbons (Fsp3) is 0.286. The molecule has 0 bridgehead atoms. The summed E-state index contributed by atoms with van der Waals surface area (Å²) in [6.45, 7) is 4.90. The van der Waals surface area contributed by atoms with Crippen LogP contribution in [0.5, 0.6) is 0 Å².